The van der Waals surface area contributed by atoms with Gasteiger partial charge in [0.05, 0.1) is 5.69 Å². The molecule has 18 heavy (non-hydrogen) atoms. The van der Waals surface area contributed by atoms with Crippen LogP contribution in [-0.4, -0.2) is 0 Å². The summed E-state index contributed by atoms with van der Waals surface area (Å²) in [6.45, 7) is 0.127. The lowest BCUT2D eigenvalue weighted by Crippen LogP contribution is -2.03. The van der Waals surface area contributed by atoms with E-state index in [2.05, 4.69) is 21.2 Å². The number of halogens is 4. The van der Waals surface area contributed by atoms with Crippen molar-refractivity contribution in [2.45, 2.75) is 6.54 Å². The molecule has 1 nitrogen and oxygen atoms in total. The van der Waals surface area contributed by atoms with E-state index in [1.165, 1.54) is 12.1 Å². The number of benzene rings is 2. The topological polar surface area (TPSA) is 12.0 Å². The van der Waals surface area contributed by atoms with Gasteiger partial charge >= 0.3 is 0 Å². The molecule has 0 radical (unpaired) electrons. The predicted molar refractivity (Wildman–Crippen MR) is 67.8 cm³/mol. The summed E-state index contributed by atoms with van der Waals surface area (Å²) in [4.78, 5) is 0. The Bertz CT molecular complexity index is 521. The van der Waals surface area contributed by atoms with Crippen molar-refractivity contribution in [2.24, 2.45) is 0 Å². The number of hydrogen-bond acceptors (Lipinski definition) is 1. The van der Waals surface area contributed by atoms with E-state index in [-0.39, 0.29) is 18.0 Å². The van der Waals surface area contributed by atoms with Crippen LogP contribution in [0, 0.1) is 17.5 Å². The molecule has 0 atom stereocenters. The molecule has 0 aromatic heterocycles. The Morgan fingerprint density at radius 2 is 1.72 bits per heavy atom. The highest BCUT2D eigenvalue weighted by Crippen LogP contribution is 2.19. The summed E-state index contributed by atoms with van der Waals surface area (Å²) >= 11 is 3.15. The number of rotatable bonds is 3. The molecule has 0 bridgehead atoms. The van der Waals surface area contributed by atoms with E-state index in [1.54, 1.807) is 12.1 Å². The Kier molecular flexibility index (Phi) is 3.91. The molecule has 0 aliphatic rings. The van der Waals surface area contributed by atoms with Crippen LogP contribution in [0.5, 0.6) is 0 Å². The quantitative estimate of drug-likeness (QED) is 0.880. The summed E-state index contributed by atoms with van der Waals surface area (Å²) in [6, 6.07) is 7.82. The molecule has 1 N–H and O–H groups in total. The lowest BCUT2D eigenvalue weighted by molar-refractivity contribution is 0.584. The van der Waals surface area contributed by atoms with Crippen molar-refractivity contribution >= 4 is 21.6 Å². The van der Waals surface area contributed by atoms with Crippen molar-refractivity contribution in [1.82, 2.24) is 0 Å². The number of anilines is 1. The first kappa shape index (κ1) is 13.0. The van der Waals surface area contributed by atoms with Crippen LogP contribution in [-0.2, 0) is 6.54 Å². The lowest BCUT2D eigenvalue weighted by atomic mass is 10.2. The fourth-order valence-electron chi connectivity index (χ4n) is 1.49. The zero-order valence-corrected chi connectivity index (χ0v) is 10.8. The molecule has 0 fully saturated rings. The van der Waals surface area contributed by atoms with E-state index in [0.29, 0.717) is 10.0 Å². The van der Waals surface area contributed by atoms with Crippen LogP contribution in [0.2, 0.25) is 0 Å². The molecule has 0 heterocycles. The van der Waals surface area contributed by atoms with Crippen molar-refractivity contribution in [3.63, 3.8) is 0 Å². The van der Waals surface area contributed by atoms with Crippen molar-refractivity contribution in [1.29, 1.82) is 0 Å². The third kappa shape index (κ3) is 3.04. The van der Waals surface area contributed by atoms with E-state index in [4.69, 9.17) is 0 Å². The van der Waals surface area contributed by atoms with Gasteiger partial charge in [0.25, 0.3) is 0 Å². The van der Waals surface area contributed by atoms with E-state index in [0.717, 1.165) is 12.1 Å². The van der Waals surface area contributed by atoms with Crippen LogP contribution in [0.25, 0.3) is 0 Å². The van der Waals surface area contributed by atoms with Crippen LogP contribution in [0.15, 0.2) is 40.9 Å². The lowest BCUT2D eigenvalue weighted by Gasteiger charge is -2.08. The maximum Gasteiger partial charge on any atom is 0.149 e. The molecule has 2 aromatic rings. The molecule has 2 rings (SSSR count). The highest BCUT2D eigenvalue weighted by molar-refractivity contribution is 9.10. The first-order valence-corrected chi connectivity index (χ1v) is 5.98. The van der Waals surface area contributed by atoms with Crippen LogP contribution in [0.3, 0.4) is 0 Å². The Labute approximate surface area is 111 Å². The highest BCUT2D eigenvalue weighted by Gasteiger charge is 2.06. The minimum atomic E-state index is -0.701. The summed E-state index contributed by atoms with van der Waals surface area (Å²) in [5, 5.41) is 2.72. The highest BCUT2D eigenvalue weighted by atomic mass is 79.9. The normalized spacial score (nSPS) is 10.4. The van der Waals surface area contributed by atoms with E-state index >= 15 is 0 Å². The van der Waals surface area contributed by atoms with Gasteiger partial charge in [0.15, 0.2) is 0 Å². The molecule has 0 aliphatic heterocycles. The summed E-state index contributed by atoms with van der Waals surface area (Å²) in [7, 11) is 0. The average molecular weight is 316 g/mol. The first-order valence-electron chi connectivity index (χ1n) is 5.19. The largest absolute Gasteiger partial charge is 0.378 e. The molecular formula is C13H9BrF3N. The molecule has 0 spiro atoms. The van der Waals surface area contributed by atoms with E-state index in [9.17, 15) is 13.2 Å². The van der Waals surface area contributed by atoms with E-state index < -0.39 is 11.6 Å². The second-order valence-corrected chi connectivity index (χ2v) is 4.63. The summed E-state index contributed by atoms with van der Waals surface area (Å²) < 4.78 is 40.1. The monoisotopic (exact) mass is 315 g/mol. The maximum absolute atomic E-state index is 13.5. The van der Waals surface area contributed by atoms with Gasteiger partial charge in [-0.05, 0) is 24.3 Å². The molecule has 0 saturated heterocycles. The smallest absolute Gasteiger partial charge is 0.149 e. The minimum absolute atomic E-state index is 0.127. The van der Waals surface area contributed by atoms with Gasteiger partial charge in [0, 0.05) is 22.6 Å². The van der Waals surface area contributed by atoms with Gasteiger partial charge in [-0.1, -0.05) is 22.0 Å². The van der Waals surface area contributed by atoms with E-state index in [1.807, 2.05) is 0 Å². The predicted octanol–water partition coefficient (Wildman–Crippen LogP) is 4.48. The van der Waals surface area contributed by atoms with Crippen molar-refractivity contribution in [3.05, 3.63) is 63.9 Å². The summed E-state index contributed by atoms with van der Waals surface area (Å²) in [6.07, 6.45) is 0. The Balaban J connectivity index is 2.11. The summed E-state index contributed by atoms with van der Waals surface area (Å²) in [5.74, 6) is -1.74. The molecular weight excluding hydrogens is 307 g/mol. The third-order valence-corrected chi connectivity index (χ3v) is 2.91. The molecule has 0 unspecified atom stereocenters. The second kappa shape index (κ2) is 5.44. The Morgan fingerprint density at radius 1 is 0.944 bits per heavy atom. The third-order valence-electron chi connectivity index (χ3n) is 2.42. The fourth-order valence-corrected chi connectivity index (χ4v) is 1.82. The van der Waals surface area contributed by atoms with Gasteiger partial charge in [-0.3, -0.25) is 0 Å². The zero-order chi connectivity index (χ0) is 13.1. The summed E-state index contributed by atoms with van der Waals surface area (Å²) in [5.41, 5.74) is 0.542. The molecule has 94 valence electrons. The zero-order valence-electron chi connectivity index (χ0n) is 9.18. The SMILES string of the molecule is Fc1ccc(NCc2ccc(Br)cc2F)c(F)c1. The van der Waals surface area contributed by atoms with Crippen LogP contribution < -0.4 is 5.32 Å². The number of nitrogens with one attached hydrogen (secondary N) is 1. The standard InChI is InChI=1S/C13H9BrF3N/c14-9-2-1-8(11(16)5-9)7-18-13-4-3-10(15)6-12(13)17/h1-6,18H,7H2. The minimum Gasteiger partial charge on any atom is -0.378 e. The first-order chi connectivity index (χ1) is 8.56. The fraction of sp³-hybridized carbons (Fsp3) is 0.0769. The Morgan fingerprint density at radius 3 is 2.39 bits per heavy atom. The van der Waals surface area contributed by atoms with Crippen LogP contribution >= 0.6 is 15.9 Å². The molecule has 0 saturated carbocycles. The van der Waals surface area contributed by atoms with Crippen molar-refractivity contribution < 1.29 is 13.2 Å². The molecule has 5 heteroatoms. The van der Waals surface area contributed by atoms with Crippen LogP contribution in [0.4, 0.5) is 18.9 Å². The Hall–Kier alpha value is -1.49. The van der Waals surface area contributed by atoms with Crippen LogP contribution in [0.1, 0.15) is 5.56 Å². The number of hydrogen-bond donors (Lipinski definition) is 1. The average Bonchev–Trinajstić information content (AvgIpc) is 2.30. The molecule has 0 amide bonds. The second-order valence-electron chi connectivity index (χ2n) is 3.71. The molecule has 2 aromatic carbocycles. The van der Waals surface area contributed by atoms with Gasteiger partial charge in [-0.2, -0.15) is 0 Å². The van der Waals surface area contributed by atoms with Crippen molar-refractivity contribution in [2.75, 3.05) is 5.32 Å². The van der Waals surface area contributed by atoms with Gasteiger partial charge in [-0.15, -0.1) is 0 Å². The van der Waals surface area contributed by atoms with Gasteiger partial charge < -0.3 is 5.32 Å². The van der Waals surface area contributed by atoms with Gasteiger partial charge in [0.2, 0.25) is 0 Å². The maximum atomic E-state index is 13.5. The van der Waals surface area contributed by atoms with Gasteiger partial charge in [0.1, 0.15) is 17.5 Å². The van der Waals surface area contributed by atoms with Gasteiger partial charge in [-0.25, -0.2) is 13.2 Å². The van der Waals surface area contributed by atoms with Crippen molar-refractivity contribution in [3.8, 4) is 0 Å². The molecule has 0 aliphatic carbocycles.